The molecule has 2 aromatic rings. The van der Waals surface area contributed by atoms with E-state index in [1.807, 2.05) is 55.7 Å². The molecule has 0 bridgehead atoms. The fourth-order valence-electron chi connectivity index (χ4n) is 9.77. The number of rotatable bonds is 6. The molecule has 0 amide bonds. The van der Waals surface area contributed by atoms with E-state index in [0.29, 0.717) is 12.8 Å². The Labute approximate surface area is 252 Å². The minimum Gasteiger partial charge on any atom is -0.393 e. The fourth-order valence-corrected chi connectivity index (χ4v) is 9.77. The third-order valence-electron chi connectivity index (χ3n) is 11.9. The van der Waals surface area contributed by atoms with Gasteiger partial charge in [0, 0.05) is 34.7 Å². The number of allylic oxidation sites excluding steroid dienone is 4. The number of ketones is 2. The molecule has 1 aromatic carbocycles. The number of aromatic nitrogens is 1. The van der Waals surface area contributed by atoms with E-state index >= 15 is 0 Å². The van der Waals surface area contributed by atoms with Crippen LogP contribution in [0.2, 0.25) is 0 Å². The van der Waals surface area contributed by atoms with E-state index < -0.39 is 47.3 Å². The molecule has 4 fully saturated rings. The standard InChI is InChI=1S/C35H41NO7/c1-20(22-6-4-5-21(13-22)18-37)36-12-10-23(17-36)32-42-30-15-27-26-8-7-24-14-25(39)9-11-33(24,2)31(26)28(40)16-34(27,3)35(30,43-32)29(41)19-38/h4-6,9-14,17,20,26-28,30-32,37-38,40H,7-8,15-16,18-19H2,1-3H3/t20-,26+,27+,28+,30-,31-,32-,33+,34+,35-/m1/s1. The number of nitrogens with zero attached hydrogens (tertiary/aromatic N) is 1. The van der Waals surface area contributed by atoms with Gasteiger partial charge >= 0.3 is 0 Å². The summed E-state index contributed by atoms with van der Waals surface area (Å²) in [7, 11) is 0. The van der Waals surface area contributed by atoms with Crippen LogP contribution >= 0.6 is 0 Å². The van der Waals surface area contributed by atoms with Crippen molar-refractivity contribution in [2.45, 2.75) is 83.2 Å². The smallest absolute Gasteiger partial charge is 0.193 e. The number of ether oxygens (including phenoxy) is 2. The van der Waals surface area contributed by atoms with Gasteiger partial charge in [0.2, 0.25) is 0 Å². The van der Waals surface area contributed by atoms with Crippen LogP contribution in [-0.4, -0.2) is 55.9 Å². The Hall–Kier alpha value is -2.88. The molecule has 0 radical (unpaired) electrons. The molecule has 228 valence electrons. The zero-order chi connectivity index (χ0) is 30.3. The van der Waals surface area contributed by atoms with Crippen molar-refractivity contribution in [1.82, 2.24) is 4.57 Å². The van der Waals surface area contributed by atoms with Crippen LogP contribution in [0, 0.1) is 28.6 Å². The molecule has 10 atom stereocenters. The van der Waals surface area contributed by atoms with Crippen LogP contribution in [0.25, 0.3) is 0 Å². The summed E-state index contributed by atoms with van der Waals surface area (Å²) in [5.41, 5.74) is 1.25. The van der Waals surface area contributed by atoms with Crippen LogP contribution in [0.4, 0.5) is 0 Å². The van der Waals surface area contributed by atoms with Gasteiger partial charge in [-0.2, -0.15) is 0 Å². The van der Waals surface area contributed by atoms with Crippen LogP contribution in [0.1, 0.15) is 75.5 Å². The lowest BCUT2D eigenvalue weighted by Gasteiger charge is -2.59. The number of carbonyl (C=O) groups is 2. The summed E-state index contributed by atoms with van der Waals surface area (Å²) in [6.45, 7) is 5.58. The van der Waals surface area contributed by atoms with E-state index in [2.05, 4.69) is 18.4 Å². The number of aliphatic hydroxyl groups excluding tert-OH is 3. The molecule has 3 N–H and O–H groups in total. The maximum Gasteiger partial charge on any atom is 0.193 e. The van der Waals surface area contributed by atoms with Crippen molar-refractivity contribution >= 4 is 11.6 Å². The van der Waals surface area contributed by atoms with Crippen LogP contribution in [-0.2, 0) is 25.7 Å². The van der Waals surface area contributed by atoms with Crippen LogP contribution < -0.4 is 0 Å². The van der Waals surface area contributed by atoms with Crippen molar-refractivity contribution in [1.29, 1.82) is 0 Å². The van der Waals surface area contributed by atoms with Gasteiger partial charge in [-0.25, -0.2) is 0 Å². The number of fused-ring (bicyclic) bond motifs is 7. The Balaban J connectivity index is 1.19. The van der Waals surface area contributed by atoms with E-state index in [-0.39, 0.29) is 36.2 Å². The summed E-state index contributed by atoms with van der Waals surface area (Å²) in [6.07, 6.45) is 9.79. The van der Waals surface area contributed by atoms with E-state index in [1.54, 1.807) is 12.2 Å². The highest BCUT2D eigenvalue weighted by Crippen LogP contribution is 2.70. The lowest BCUT2D eigenvalue weighted by Crippen LogP contribution is -2.63. The molecule has 3 saturated carbocycles. The average molecular weight is 588 g/mol. The van der Waals surface area contributed by atoms with Gasteiger partial charge in [0.1, 0.15) is 6.61 Å². The summed E-state index contributed by atoms with van der Waals surface area (Å²) in [6, 6.07) is 9.77. The molecular weight excluding hydrogens is 546 g/mol. The lowest BCUT2D eigenvalue weighted by molar-refractivity contribution is -0.201. The highest BCUT2D eigenvalue weighted by atomic mass is 16.7. The van der Waals surface area contributed by atoms with Crippen molar-refractivity contribution in [3.8, 4) is 0 Å². The van der Waals surface area contributed by atoms with Crippen LogP contribution in [0.3, 0.4) is 0 Å². The molecule has 0 unspecified atom stereocenters. The first-order valence-corrected chi connectivity index (χ1v) is 15.5. The van der Waals surface area contributed by atoms with Crippen molar-refractivity contribution in [3.63, 3.8) is 0 Å². The second-order valence-corrected chi connectivity index (χ2v) is 13.8. The molecule has 0 spiro atoms. The number of hydrogen-bond donors (Lipinski definition) is 3. The summed E-state index contributed by atoms with van der Waals surface area (Å²) in [4.78, 5) is 26.0. The molecule has 1 saturated heterocycles. The lowest BCUT2D eigenvalue weighted by atomic mass is 9.46. The van der Waals surface area contributed by atoms with Crippen LogP contribution in [0.5, 0.6) is 0 Å². The largest absolute Gasteiger partial charge is 0.393 e. The Morgan fingerprint density at radius 2 is 2.02 bits per heavy atom. The summed E-state index contributed by atoms with van der Waals surface area (Å²) < 4.78 is 15.4. The van der Waals surface area contributed by atoms with Gasteiger partial charge in [-0.1, -0.05) is 49.8 Å². The van der Waals surface area contributed by atoms with Crippen molar-refractivity contribution < 1.29 is 34.4 Å². The Morgan fingerprint density at radius 1 is 1.21 bits per heavy atom. The van der Waals surface area contributed by atoms with E-state index in [0.717, 1.165) is 35.1 Å². The van der Waals surface area contributed by atoms with Gasteiger partial charge < -0.3 is 29.4 Å². The molecular formula is C35H41NO7. The van der Waals surface area contributed by atoms with Crippen molar-refractivity contribution in [2.24, 2.45) is 28.6 Å². The summed E-state index contributed by atoms with van der Waals surface area (Å²) in [5, 5.41) is 31.6. The van der Waals surface area contributed by atoms with Gasteiger partial charge in [0.25, 0.3) is 0 Å². The zero-order valence-electron chi connectivity index (χ0n) is 25.0. The fraction of sp³-hybridized carbons (Fsp3) is 0.543. The topological polar surface area (TPSA) is 118 Å². The average Bonchev–Trinajstić information content (AvgIpc) is 3.69. The third-order valence-corrected chi connectivity index (χ3v) is 11.9. The quantitative estimate of drug-likeness (QED) is 0.464. The third kappa shape index (κ3) is 4.00. The predicted octanol–water partition coefficient (Wildman–Crippen LogP) is 4.19. The first kappa shape index (κ1) is 28.9. The molecule has 43 heavy (non-hydrogen) atoms. The maximum atomic E-state index is 13.8. The second-order valence-electron chi connectivity index (χ2n) is 13.8. The number of Topliss-reactive ketones (excluding diaryl/α,β-unsaturated/α-hetero) is 1. The van der Waals surface area contributed by atoms with Gasteiger partial charge in [-0.3, -0.25) is 9.59 Å². The maximum absolute atomic E-state index is 13.8. The van der Waals surface area contributed by atoms with E-state index in [9.17, 15) is 24.9 Å². The zero-order valence-corrected chi connectivity index (χ0v) is 25.0. The first-order chi connectivity index (χ1) is 20.6. The highest BCUT2D eigenvalue weighted by molar-refractivity contribution is 6.01. The minimum absolute atomic E-state index is 0.00120. The highest BCUT2D eigenvalue weighted by Gasteiger charge is 2.75. The Kier molecular flexibility index (Phi) is 6.76. The van der Waals surface area contributed by atoms with E-state index in [1.165, 1.54) is 0 Å². The molecule has 4 aliphatic carbocycles. The molecule has 8 heteroatoms. The molecule has 8 nitrogen and oxygen atoms in total. The number of aliphatic hydroxyl groups is 3. The predicted molar refractivity (Wildman–Crippen MR) is 158 cm³/mol. The molecule has 5 aliphatic rings. The minimum atomic E-state index is -1.37. The number of carbonyl (C=O) groups excluding carboxylic acids is 2. The van der Waals surface area contributed by atoms with Crippen molar-refractivity contribution in [2.75, 3.05) is 6.61 Å². The second kappa shape index (κ2) is 10.1. The van der Waals surface area contributed by atoms with Crippen molar-refractivity contribution in [3.05, 3.63) is 83.2 Å². The van der Waals surface area contributed by atoms with Gasteiger partial charge in [0.05, 0.1) is 24.9 Å². The van der Waals surface area contributed by atoms with Crippen LogP contribution in [0.15, 0.2) is 66.5 Å². The summed E-state index contributed by atoms with van der Waals surface area (Å²) >= 11 is 0. The normalized spacial score (nSPS) is 40.3. The SMILES string of the molecule is C[C@H](c1cccc(CO)c1)n1ccc([C@@H]2O[C@@H]3C[C@H]4[C@@H]5CCC6=CC(=O)C=C[C@]6(C)[C@H]5[C@@H](O)C[C@]4(C)[C@]3(C(=O)CO)O2)c1. The van der Waals surface area contributed by atoms with E-state index in [4.69, 9.17) is 9.47 Å². The molecule has 2 heterocycles. The Bertz CT molecular complexity index is 1530. The summed E-state index contributed by atoms with van der Waals surface area (Å²) in [5.74, 6) is -0.306. The molecule has 1 aliphatic heterocycles. The van der Waals surface area contributed by atoms with Gasteiger partial charge in [-0.15, -0.1) is 0 Å². The monoisotopic (exact) mass is 587 g/mol. The van der Waals surface area contributed by atoms with Gasteiger partial charge in [-0.05, 0) is 73.8 Å². The Morgan fingerprint density at radius 3 is 2.79 bits per heavy atom. The number of hydrogen-bond acceptors (Lipinski definition) is 7. The molecule has 1 aromatic heterocycles. The molecule has 7 rings (SSSR count). The van der Waals surface area contributed by atoms with Gasteiger partial charge in [0.15, 0.2) is 23.5 Å². The number of benzene rings is 1. The first-order valence-electron chi connectivity index (χ1n) is 15.5.